The number of rotatable bonds is 5. The number of hydrogen-bond donors (Lipinski definition) is 0. The third-order valence-electron chi connectivity index (χ3n) is 17.6. The van der Waals surface area contributed by atoms with Crippen molar-refractivity contribution in [3.63, 3.8) is 0 Å². The molecule has 0 amide bonds. The first-order chi connectivity index (χ1) is 41.2. The average molecular weight is 1060 g/mol. The number of para-hydroxylation sites is 7. The van der Waals surface area contributed by atoms with Gasteiger partial charge in [-0.1, -0.05) is 194 Å². The molecule has 13 aromatic carbocycles. The highest BCUT2D eigenvalue weighted by atomic mass is 16.3. The van der Waals surface area contributed by atoms with Crippen molar-refractivity contribution in [3.8, 4) is 46.0 Å². The van der Waals surface area contributed by atoms with Crippen LogP contribution in [0.3, 0.4) is 0 Å². The summed E-state index contributed by atoms with van der Waals surface area (Å²) < 4.78 is 16.3. The van der Waals surface area contributed by atoms with E-state index >= 15 is 0 Å². The Bertz CT molecular complexity index is 5670. The number of furan rings is 1. The van der Waals surface area contributed by atoms with E-state index in [1.165, 1.54) is 16.2 Å². The van der Waals surface area contributed by atoms with Crippen molar-refractivity contribution < 1.29 is 4.42 Å². The van der Waals surface area contributed by atoms with Gasteiger partial charge in [0.05, 0.1) is 66.9 Å². The van der Waals surface area contributed by atoms with Crippen LogP contribution in [0.5, 0.6) is 0 Å². The number of nitriles is 2. The van der Waals surface area contributed by atoms with Gasteiger partial charge in [-0.2, -0.15) is 10.5 Å². The van der Waals surface area contributed by atoms with Crippen LogP contribution >= 0.6 is 0 Å². The first-order valence-electron chi connectivity index (χ1n) is 28.0. The van der Waals surface area contributed by atoms with E-state index in [9.17, 15) is 10.5 Å². The fourth-order valence-electron chi connectivity index (χ4n) is 14.2. The third-order valence-corrected chi connectivity index (χ3v) is 17.6. The first kappa shape index (κ1) is 45.2. The molecular weight excluding hydrogens is 1010 g/mol. The highest BCUT2D eigenvalue weighted by Crippen LogP contribution is 2.51. The van der Waals surface area contributed by atoms with Crippen LogP contribution in [0.2, 0.25) is 0 Å². The largest absolute Gasteiger partial charge is 0.454 e. The summed E-state index contributed by atoms with van der Waals surface area (Å²) in [4.78, 5) is 0. The maximum atomic E-state index is 12.7. The van der Waals surface area contributed by atoms with E-state index in [1.54, 1.807) is 0 Å². The summed E-state index contributed by atoms with van der Waals surface area (Å²) in [6, 6.07) is 95.5. The highest BCUT2D eigenvalue weighted by Gasteiger charge is 2.35. The molecule has 18 rings (SSSR count). The molecule has 0 aliphatic rings. The summed E-state index contributed by atoms with van der Waals surface area (Å²) in [6.45, 7) is 0. The molecule has 0 spiro atoms. The molecule has 0 unspecified atom stereocenters. The van der Waals surface area contributed by atoms with Crippen LogP contribution in [0.4, 0.5) is 0 Å². The van der Waals surface area contributed by atoms with Gasteiger partial charge < -0.3 is 22.7 Å². The summed E-state index contributed by atoms with van der Waals surface area (Å²) in [6.07, 6.45) is 0. The first-order valence-corrected chi connectivity index (χ1v) is 28.0. The van der Waals surface area contributed by atoms with Crippen LogP contribution in [0.15, 0.2) is 259 Å². The highest BCUT2D eigenvalue weighted by molar-refractivity contribution is 6.24. The lowest BCUT2D eigenvalue weighted by Gasteiger charge is -2.27. The third kappa shape index (κ3) is 6.04. The van der Waals surface area contributed by atoms with Gasteiger partial charge >= 0.3 is 0 Å². The van der Waals surface area contributed by atoms with Gasteiger partial charge in [0, 0.05) is 53.9 Å². The Hall–Kier alpha value is -11.6. The molecule has 0 atom stereocenters. The summed E-state index contributed by atoms with van der Waals surface area (Å²) in [7, 11) is 0. The van der Waals surface area contributed by atoms with Crippen LogP contribution in [0, 0.1) is 22.7 Å². The molecule has 0 saturated carbocycles. The molecule has 0 fully saturated rings. The van der Waals surface area contributed by atoms with Crippen LogP contribution in [-0.4, -0.2) is 18.3 Å². The minimum absolute atomic E-state index is 0.338. The molecule has 5 heterocycles. The summed E-state index contributed by atoms with van der Waals surface area (Å²) in [5.41, 5.74) is 13.8. The smallest absolute Gasteiger partial charge is 0.160 e. The minimum Gasteiger partial charge on any atom is -0.454 e. The number of benzene rings is 13. The maximum absolute atomic E-state index is 12.7. The molecule has 18 aromatic rings. The van der Waals surface area contributed by atoms with Crippen molar-refractivity contribution in [2.24, 2.45) is 0 Å². The molecule has 0 saturated heterocycles. The Morgan fingerprint density at radius 1 is 0.277 bits per heavy atom. The zero-order valence-corrected chi connectivity index (χ0v) is 44.3. The normalized spacial score (nSPS) is 12.1. The van der Waals surface area contributed by atoms with Gasteiger partial charge in [0.2, 0.25) is 0 Å². The summed E-state index contributed by atoms with van der Waals surface area (Å²) >= 11 is 0. The molecule has 7 nitrogen and oxygen atoms in total. The summed E-state index contributed by atoms with van der Waals surface area (Å²) in [5, 5.41) is 40.2. The van der Waals surface area contributed by atoms with Crippen molar-refractivity contribution in [3.05, 3.63) is 266 Å². The molecule has 382 valence electrons. The zero-order chi connectivity index (χ0) is 54.6. The van der Waals surface area contributed by atoms with E-state index in [0.29, 0.717) is 39.5 Å². The molecule has 0 aliphatic carbocycles. The lowest BCUT2D eigenvalue weighted by molar-refractivity contribution is 0.671. The van der Waals surface area contributed by atoms with Crippen LogP contribution in [0.1, 0.15) is 11.1 Å². The Labute approximate surface area is 473 Å². The summed E-state index contributed by atoms with van der Waals surface area (Å²) in [5.74, 6) is 0. The maximum Gasteiger partial charge on any atom is 0.160 e. The van der Waals surface area contributed by atoms with Gasteiger partial charge in [-0.25, -0.2) is 0 Å². The number of fused-ring (bicyclic) bond motifs is 19. The Morgan fingerprint density at radius 3 is 1.23 bits per heavy atom. The van der Waals surface area contributed by atoms with E-state index in [4.69, 9.17) is 4.42 Å². The molecule has 83 heavy (non-hydrogen) atoms. The number of aromatic nitrogens is 4. The molecule has 0 bridgehead atoms. The van der Waals surface area contributed by atoms with Gasteiger partial charge in [-0.05, 0) is 93.3 Å². The lowest BCUT2D eigenvalue weighted by atomic mass is 9.94. The quantitative estimate of drug-likeness (QED) is 0.161. The predicted molar refractivity (Wildman–Crippen MR) is 341 cm³/mol. The van der Waals surface area contributed by atoms with Crippen LogP contribution in [0.25, 0.3) is 165 Å². The monoisotopic (exact) mass is 1050 g/mol. The lowest BCUT2D eigenvalue weighted by Crippen LogP contribution is -2.17. The number of nitrogens with zero attached hydrogens (tertiary/aromatic N) is 6. The second-order valence-corrected chi connectivity index (χ2v) is 21.7. The molecule has 0 N–H and O–H groups in total. The molecule has 5 aromatic heterocycles. The van der Waals surface area contributed by atoms with E-state index in [1.807, 2.05) is 24.3 Å². The number of hydrogen-bond acceptors (Lipinski definition) is 3. The Kier molecular flexibility index (Phi) is 9.23. The van der Waals surface area contributed by atoms with Crippen molar-refractivity contribution in [1.29, 1.82) is 10.5 Å². The second-order valence-electron chi connectivity index (χ2n) is 21.7. The Morgan fingerprint density at radius 2 is 0.699 bits per heavy atom. The van der Waals surface area contributed by atoms with Crippen LogP contribution < -0.4 is 0 Å². The average Bonchev–Trinajstić information content (AvgIpc) is 1.93. The van der Waals surface area contributed by atoms with Crippen molar-refractivity contribution >= 4 is 131 Å². The van der Waals surface area contributed by atoms with Crippen molar-refractivity contribution in [2.75, 3.05) is 0 Å². The zero-order valence-electron chi connectivity index (χ0n) is 44.3. The second kappa shape index (κ2) is 16.9. The minimum atomic E-state index is 0.338. The van der Waals surface area contributed by atoms with Crippen molar-refractivity contribution in [2.45, 2.75) is 0 Å². The Balaban J connectivity index is 1.12. The van der Waals surface area contributed by atoms with Gasteiger partial charge in [0.25, 0.3) is 0 Å². The predicted octanol–water partition coefficient (Wildman–Crippen LogP) is 19.7. The fraction of sp³-hybridized carbons (Fsp3) is 0. The van der Waals surface area contributed by atoms with E-state index in [0.717, 1.165) is 120 Å². The van der Waals surface area contributed by atoms with Gasteiger partial charge in [-0.3, -0.25) is 0 Å². The van der Waals surface area contributed by atoms with E-state index < -0.39 is 0 Å². The van der Waals surface area contributed by atoms with E-state index in [2.05, 4.69) is 261 Å². The molecular formula is C76H42N6O. The molecule has 0 aliphatic heterocycles. The topological polar surface area (TPSA) is 80.4 Å². The van der Waals surface area contributed by atoms with Gasteiger partial charge in [-0.15, -0.1) is 0 Å². The van der Waals surface area contributed by atoms with Gasteiger partial charge in [0.15, 0.2) is 5.58 Å². The molecule has 0 radical (unpaired) electrons. The van der Waals surface area contributed by atoms with Crippen LogP contribution in [-0.2, 0) is 0 Å². The molecule has 7 heteroatoms. The van der Waals surface area contributed by atoms with Gasteiger partial charge in [0.1, 0.15) is 28.8 Å². The standard InChI is InChI=1S/C76H42N6O/c77-43-61-71(79-63-29-10-3-20-51(63)52-21-4-11-30-64(52)79)62(44-78)73(81-67-33-14-7-24-55(67)56-25-8-15-34-68(56)81)75(72(61)80-65-31-12-5-22-53(65)54-23-6-13-32-66(54)80)82-69-41-37-46(48-27-17-28-49-47-19-2-1-18-45(47)36-38-50(48)49)42-60(69)58-39-40-59-57-26-9-16-35-70(57)83-76(59)74(58)82/h1-42H. The van der Waals surface area contributed by atoms with E-state index in [-0.39, 0.29) is 0 Å². The fourth-order valence-corrected chi connectivity index (χ4v) is 14.2. The van der Waals surface area contributed by atoms with Crippen molar-refractivity contribution in [1.82, 2.24) is 18.3 Å². The SMILES string of the molecule is N#Cc1c(-n2c3ccccc3c3ccccc32)c(C#N)c(-n2c3ccccc3c3ccccc32)c(-n2c3ccc(-c4cccc5c4ccc4ccccc45)cc3c3ccc4c5ccccc5oc4c32)c1-n1c2ccccc2c2ccccc21.